The van der Waals surface area contributed by atoms with E-state index in [0.717, 1.165) is 4.90 Å². The largest absolute Gasteiger partial charge is 0.311 e. The Kier molecular flexibility index (Phi) is 2.60. The van der Waals surface area contributed by atoms with E-state index < -0.39 is 38.0 Å². The van der Waals surface area contributed by atoms with Crippen molar-refractivity contribution >= 4 is 33.1 Å². The van der Waals surface area contributed by atoms with Gasteiger partial charge in [0.15, 0.2) is 21.0 Å². The van der Waals surface area contributed by atoms with Gasteiger partial charge in [0.25, 0.3) is 0 Å². The summed E-state index contributed by atoms with van der Waals surface area (Å²) in [6, 6.07) is -0.868. The summed E-state index contributed by atoms with van der Waals surface area (Å²) in [7, 11) is -3.47. The minimum Gasteiger partial charge on any atom is -0.311 e. The molecule has 1 unspecified atom stereocenters. The van der Waals surface area contributed by atoms with Gasteiger partial charge in [-0.1, -0.05) is 20.8 Å². The molecule has 5 nitrogen and oxygen atoms in total. The molecule has 0 saturated carbocycles. The molecule has 2 fully saturated rings. The van der Waals surface area contributed by atoms with Gasteiger partial charge in [0, 0.05) is 5.41 Å². The molecule has 0 bridgehead atoms. The molecule has 17 heavy (non-hydrogen) atoms. The van der Waals surface area contributed by atoms with Crippen molar-refractivity contribution in [2.45, 2.75) is 37.6 Å². The first kappa shape index (κ1) is 12.8. The molecule has 96 valence electrons. The Labute approximate surface area is 105 Å². The number of Topliss-reactive ketones (excluding diaryl/α,β-unsaturated/α-hetero) is 1. The number of carbonyl (C=O) groups is 2. The molecule has 3 atom stereocenters. The van der Waals surface area contributed by atoms with Crippen LogP contribution in [0, 0.1) is 5.41 Å². The van der Waals surface area contributed by atoms with Crippen molar-refractivity contribution in [2.75, 3.05) is 5.75 Å². The lowest BCUT2D eigenvalue weighted by Crippen LogP contribution is -2.65. The molecular formula is C10H14ClNO4S. The predicted octanol–water partition coefficient (Wildman–Crippen LogP) is 0.174. The summed E-state index contributed by atoms with van der Waals surface area (Å²) in [4.78, 5) is 24.8. The Balaban J connectivity index is 2.35. The van der Waals surface area contributed by atoms with Crippen molar-refractivity contribution in [3.63, 3.8) is 0 Å². The Hall–Kier alpha value is -0.620. The fourth-order valence-corrected chi connectivity index (χ4v) is 4.97. The van der Waals surface area contributed by atoms with Crippen molar-refractivity contribution in [1.82, 2.24) is 4.90 Å². The number of amides is 1. The maximum atomic E-state index is 12.1. The zero-order valence-electron chi connectivity index (χ0n) is 9.81. The van der Waals surface area contributed by atoms with Crippen LogP contribution < -0.4 is 0 Å². The molecule has 1 amide bonds. The van der Waals surface area contributed by atoms with E-state index in [0.29, 0.717) is 0 Å². The first-order valence-corrected chi connectivity index (χ1v) is 7.44. The highest BCUT2D eigenvalue weighted by atomic mass is 35.5. The molecule has 7 heteroatoms. The van der Waals surface area contributed by atoms with Crippen molar-refractivity contribution in [3.8, 4) is 0 Å². The van der Waals surface area contributed by atoms with E-state index in [1.165, 1.54) is 0 Å². The highest BCUT2D eigenvalue weighted by molar-refractivity contribution is 7.92. The van der Waals surface area contributed by atoms with Gasteiger partial charge in [-0.2, -0.15) is 0 Å². The molecule has 0 aromatic rings. The topological polar surface area (TPSA) is 71.5 Å². The van der Waals surface area contributed by atoms with Crippen LogP contribution in [0.15, 0.2) is 0 Å². The van der Waals surface area contributed by atoms with Crippen LogP contribution in [0.4, 0.5) is 0 Å². The second-order valence-electron chi connectivity index (χ2n) is 5.50. The fourth-order valence-electron chi connectivity index (χ4n) is 2.24. The monoisotopic (exact) mass is 279 g/mol. The summed E-state index contributed by atoms with van der Waals surface area (Å²) >= 11 is 5.69. The normalized spacial score (nSPS) is 35.4. The standard InChI is InChI=1S/C10H14ClNO4S/c1-10(2,3)7(13)5-4-17(15,16)9-6(11)8(14)12(5)9/h5-6,9H,4H2,1-3H3/t5?,6-,9-/m0/s1. The number of hydrogen-bond acceptors (Lipinski definition) is 4. The van der Waals surface area contributed by atoms with Crippen LogP contribution in [0.25, 0.3) is 0 Å². The Bertz CT molecular complexity index is 493. The van der Waals surface area contributed by atoms with E-state index >= 15 is 0 Å². The molecule has 0 N–H and O–H groups in total. The molecule has 2 aliphatic rings. The minimum atomic E-state index is -3.47. The highest BCUT2D eigenvalue weighted by Crippen LogP contribution is 2.40. The molecule has 0 spiro atoms. The average Bonchev–Trinajstić information content (AvgIpc) is 2.43. The second-order valence-corrected chi connectivity index (χ2v) is 8.11. The van der Waals surface area contributed by atoms with Crippen molar-refractivity contribution < 1.29 is 18.0 Å². The lowest BCUT2D eigenvalue weighted by Gasteiger charge is -2.41. The van der Waals surface area contributed by atoms with Gasteiger partial charge in [0.2, 0.25) is 5.91 Å². The van der Waals surface area contributed by atoms with Gasteiger partial charge in [0.1, 0.15) is 11.4 Å². The van der Waals surface area contributed by atoms with Gasteiger partial charge in [-0.05, 0) is 0 Å². The van der Waals surface area contributed by atoms with Gasteiger partial charge in [0.05, 0.1) is 5.75 Å². The number of sulfone groups is 1. The van der Waals surface area contributed by atoms with E-state index in [9.17, 15) is 18.0 Å². The molecule has 2 aliphatic heterocycles. The smallest absolute Gasteiger partial charge is 0.245 e. The van der Waals surface area contributed by atoms with Crippen LogP contribution in [0.3, 0.4) is 0 Å². The van der Waals surface area contributed by atoms with Gasteiger partial charge in [-0.3, -0.25) is 9.59 Å². The Morgan fingerprint density at radius 2 is 1.94 bits per heavy atom. The SMILES string of the molecule is CC(C)(C)C(=O)C1CS(=O)(=O)[C@H]2[C@@H](Cl)C(=O)N12. The van der Waals surface area contributed by atoms with Gasteiger partial charge >= 0.3 is 0 Å². The number of carbonyl (C=O) groups excluding carboxylic acids is 2. The molecule has 0 aromatic heterocycles. The number of alkyl halides is 1. The van der Waals surface area contributed by atoms with E-state index in [-0.39, 0.29) is 11.5 Å². The van der Waals surface area contributed by atoms with Gasteiger partial charge in [-0.15, -0.1) is 11.6 Å². The molecule has 2 rings (SSSR count). The molecule has 0 radical (unpaired) electrons. The summed E-state index contributed by atoms with van der Waals surface area (Å²) in [6.07, 6.45) is 0. The van der Waals surface area contributed by atoms with Crippen LogP contribution in [-0.2, 0) is 19.4 Å². The summed E-state index contributed by atoms with van der Waals surface area (Å²) in [5.74, 6) is -0.997. The van der Waals surface area contributed by atoms with Gasteiger partial charge < -0.3 is 4.90 Å². The van der Waals surface area contributed by atoms with E-state index in [4.69, 9.17) is 11.6 Å². The maximum Gasteiger partial charge on any atom is 0.245 e. The van der Waals surface area contributed by atoms with Crippen molar-refractivity contribution in [1.29, 1.82) is 0 Å². The Morgan fingerprint density at radius 3 is 2.41 bits per heavy atom. The van der Waals surface area contributed by atoms with E-state index in [1.807, 2.05) is 0 Å². The number of rotatable bonds is 1. The van der Waals surface area contributed by atoms with Crippen LogP contribution in [-0.4, -0.2) is 47.6 Å². The first-order valence-electron chi connectivity index (χ1n) is 5.29. The van der Waals surface area contributed by atoms with Crippen molar-refractivity contribution in [2.24, 2.45) is 5.41 Å². The third kappa shape index (κ3) is 1.69. The van der Waals surface area contributed by atoms with Crippen LogP contribution in [0.1, 0.15) is 20.8 Å². The lowest BCUT2D eigenvalue weighted by molar-refractivity contribution is -0.149. The van der Waals surface area contributed by atoms with Crippen LogP contribution in [0.2, 0.25) is 0 Å². The summed E-state index contributed by atoms with van der Waals surface area (Å²) in [5, 5.41) is -2.04. The van der Waals surface area contributed by atoms with Crippen molar-refractivity contribution in [3.05, 3.63) is 0 Å². The number of halogens is 1. The predicted molar refractivity (Wildman–Crippen MR) is 62.3 cm³/mol. The molecule has 2 heterocycles. The van der Waals surface area contributed by atoms with Crippen LogP contribution in [0.5, 0.6) is 0 Å². The van der Waals surface area contributed by atoms with Crippen LogP contribution >= 0.6 is 11.6 Å². The van der Waals surface area contributed by atoms with Gasteiger partial charge in [-0.25, -0.2) is 8.42 Å². The number of ketones is 1. The quantitative estimate of drug-likeness (QED) is 0.507. The van der Waals surface area contributed by atoms with E-state index in [1.54, 1.807) is 20.8 Å². The number of hydrogen-bond donors (Lipinski definition) is 0. The molecule has 0 aromatic carbocycles. The second kappa shape index (κ2) is 3.45. The van der Waals surface area contributed by atoms with E-state index in [2.05, 4.69) is 0 Å². The molecule has 2 saturated heterocycles. The summed E-state index contributed by atoms with van der Waals surface area (Å²) in [6.45, 7) is 5.12. The molecule has 0 aliphatic carbocycles. The third-order valence-electron chi connectivity index (χ3n) is 3.15. The fraction of sp³-hybridized carbons (Fsp3) is 0.800. The first-order chi connectivity index (χ1) is 7.57. The summed E-state index contributed by atoms with van der Waals surface area (Å²) in [5.41, 5.74) is -0.674. The highest BCUT2D eigenvalue weighted by Gasteiger charge is 2.63. The number of nitrogens with zero attached hydrogens (tertiary/aromatic N) is 1. The molecular weight excluding hydrogens is 266 g/mol. The number of β-lactam (4-membered cyclic amide) rings is 1. The zero-order valence-corrected chi connectivity index (χ0v) is 11.4. The number of fused-ring (bicyclic) bond motifs is 1. The summed E-state index contributed by atoms with van der Waals surface area (Å²) < 4.78 is 23.6. The lowest BCUT2D eigenvalue weighted by atomic mass is 9.85. The Morgan fingerprint density at radius 1 is 1.41 bits per heavy atom. The third-order valence-corrected chi connectivity index (χ3v) is 5.74. The maximum absolute atomic E-state index is 12.1. The average molecular weight is 280 g/mol. The minimum absolute atomic E-state index is 0.236. The zero-order chi connectivity index (χ0) is 13.2.